The van der Waals surface area contributed by atoms with Gasteiger partial charge in [0.1, 0.15) is 5.82 Å². The average molecular weight is 284 g/mol. The van der Waals surface area contributed by atoms with E-state index < -0.39 is 0 Å². The minimum absolute atomic E-state index is 0.232. The van der Waals surface area contributed by atoms with Gasteiger partial charge in [-0.05, 0) is 49.4 Å². The Labute approximate surface area is 120 Å². The minimum atomic E-state index is -0.232. The highest BCUT2D eigenvalue weighted by atomic mass is 32.2. The summed E-state index contributed by atoms with van der Waals surface area (Å²) in [5, 5.41) is 0.991. The van der Waals surface area contributed by atoms with Gasteiger partial charge in [0.2, 0.25) is 0 Å². The maximum Gasteiger partial charge on any atom is 0.124 e. The van der Waals surface area contributed by atoms with Crippen molar-refractivity contribution in [1.29, 1.82) is 0 Å². The van der Waals surface area contributed by atoms with Crippen molar-refractivity contribution in [3.63, 3.8) is 0 Å². The van der Waals surface area contributed by atoms with Crippen molar-refractivity contribution in [2.45, 2.75) is 16.7 Å². The predicted octanol–water partition coefficient (Wildman–Crippen LogP) is 4.42. The Morgan fingerprint density at radius 2 is 1.95 bits per heavy atom. The molecule has 0 aliphatic carbocycles. The molecule has 1 aromatic heterocycles. The van der Waals surface area contributed by atoms with Crippen LogP contribution in [-0.2, 0) is 0 Å². The molecule has 0 bridgehead atoms. The molecule has 2 N–H and O–H groups in total. The quantitative estimate of drug-likeness (QED) is 0.708. The zero-order chi connectivity index (χ0) is 14.1. The van der Waals surface area contributed by atoms with Crippen LogP contribution in [0.25, 0.3) is 10.9 Å². The molecule has 2 aromatic carbocycles. The van der Waals surface area contributed by atoms with Crippen LogP contribution in [0, 0.1) is 12.7 Å². The standard InChI is InChI=1S/C16H13FN2S/c1-10-7-16(20-13-4-2-3-11(17)8-13)14-9-12(18)5-6-15(14)19-10/h2-9H,18H2,1H3. The van der Waals surface area contributed by atoms with E-state index in [9.17, 15) is 4.39 Å². The lowest BCUT2D eigenvalue weighted by Crippen LogP contribution is -1.90. The molecule has 0 saturated heterocycles. The second-order valence-electron chi connectivity index (χ2n) is 4.60. The summed E-state index contributed by atoms with van der Waals surface area (Å²) in [5.41, 5.74) is 8.38. The van der Waals surface area contributed by atoms with Crippen LogP contribution in [0.15, 0.2) is 58.3 Å². The number of aromatic nitrogens is 1. The average Bonchev–Trinajstić information content (AvgIpc) is 2.39. The maximum absolute atomic E-state index is 13.3. The molecule has 3 aromatic rings. The summed E-state index contributed by atoms with van der Waals surface area (Å²) in [5.74, 6) is -0.232. The second kappa shape index (κ2) is 5.13. The summed E-state index contributed by atoms with van der Waals surface area (Å²) in [6.45, 7) is 1.95. The number of halogens is 1. The van der Waals surface area contributed by atoms with Crippen molar-refractivity contribution in [1.82, 2.24) is 4.98 Å². The second-order valence-corrected chi connectivity index (χ2v) is 5.71. The number of hydrogen-bond donors (Lipinski definition) is 1. The molecule has 0 saturated carbocycles. The minimum Gasteiger partial charge on any atom is -0.399 e. The highest BCUT2D eigenvalue weighted by Gasteiger charge is 2.07. The molecule has 0 amide bonds. The van der Waals surface area contributed by atoms with Gasteiger partial charge in [-0.1, -0.05) is 17.8 Å². The van der Waals surface area contributed by atoms with Crippen LogP contribution in [0.3, 0.4) is 0 Å². The van der Waals surface area contributed by atoms with Crippen molar-refractivity contribution < 1.29 is 4.39 Å². The Morgan fingerprint density at radius 1 is 1.10 bits per heavy atom. The fourth-order valence-corrected chi connectivity index (χ4v) is 3.16. The molecule has 0 spiro atoms. The number of hydrogen-bond acceptors (Lipinski definition) is 3. The summed E-state index contributed by atoms with van der Waals surface area (Å²) in [4.78, 5) is 6.39. The Balaban J connectivity index is 2.12. The van der Waals surface area contributed by atoms with Crippen molar-refractivity contribution in [2.75, 3.05) is 5.73 Å². The first-order valence-electron chi connectivity index (χ1n) is 6.22. The third-order valence-electron chi connectivity index (χ3n) is 2.95. The summed E-state index contributed by atoms with van der Waals surface area (Å²) in [6, 6.07) is 14.2. The molecule has 20 heavy (non-hydrogen) atoms. The highest BCUT2D eigenvalue weighted by Crippen LogP contribution is 2.34. The van der Waals surface area contributed by atoms with Gasteiger partial charge in [0.25, 0.3) is 0 Å². The zero-order valence-electron chi connectivity index (χ0n) is 10.9. The number of aryl methyl sites for hydroxylation is 1. The maximum atomic E-state index is 13.3. The van der Waals surface area contributed by atoms with E-state index in [2.05, 4.69) is 4.98 Å². The molecule has 0 unspecified atom stereocenters. The summed E-state index contributed by atoms with van der Waals surface area (Å²) >= 11 is 1.52. The molecule has 0 atom stereocenters. The Kier molecular flexibility index (Phi) is 3.32. The third kappa shape index (κ3) is 2.60. The first-order chi connectivity index (χ1) is 9.61. The smallest absolute Gasteiger partial charge is 0.124 e. The monoisotopic (exact) mass is 284 g/mol. The van der Waals surface area contributed by atoms with E-state index in [1.165, 1.54) is 23.9 Å². The molecule has 2 nitrogen and oxygen atoms in total. The number of nitrogens with zero attached hydrogens (tertiary/aromatic N) is 1. The van der Waals surface area contributed by atoms with Crippen molar-refractivity contribution >= 4 is 28.4 Å². The first-order valence-corrected chi connectivity index (χ1v) is 7.04. The molecule has 100 valence electrons. The normalized spacial score (nSPS) is 10.9. The lowest BCUT2D eigenvalue weighted by Gasteiger charge is -2.08. The van der Waals surface area contributed by atoms with E-state index in [0.717, 1.165) is 26.4 Å². The lowest BCUT2D eigenvalue weighted by molar-refractivity contribution is 0.624. The summed E-state index contributed by atoms with van der Waals surface area (Å²) < 4.78 is 13.3. The van der Waals surface area contributed by atoms with Gasteiger partial charge in [0.15, 0.2) is 0 Å². The van der Waals surface area contributed by atoms with E-state index in [4.69, 9.17) is 5.73 Å². The van der Waals surface area contributed by atoms with Crippen molar-refractivity contribution in [3.05, 3.63) is 60.0 Å². The first kappa shape index (κ1) is 12.9. The van der Waals surface area contributed by atoms with Crippen LogP contribution in [0.2, 0.25) is 0 Å². The fraction of sp³-hybridized carbons (Fsp3) is 0.0625. The zero-order valence-corrected chi connectivity index (χ0v) is 11.7. The van der Waals surface area contributed by atoms with Crippen LogP contribution in [0.4, 0.5) is 10.1 Å². The van der Waals surface area contributed by atoms with E-state index >= 15 is 0 Å². The van der Waals surface area contributed by atoms with Crippen molar-refractivity contribution in [3.8, 4) is 0 Å². The van der Waals surface area contributed by atoms with Gasteiger partial charge in [-0.25, -0.2) is 4.39 Å². The SMILES string of the molecule is Cc1cc(Sc2cccc(F)c2)c2cc(N)ccc2n1. The molecule has 1 heterocycles. The molecule has 0 aliphatic rings. The summed E-state index contributed by atoms with van der Waals surface area (Å²) in [6.07, 6.45) is 0. The fourth-order valence-electron chi connectivity index (χ4n) is 2.08. The summed E-state index contributed by atoms with van der Waals surface area (Å²) in [7, 11) is 0. The number of fused-ring (bicyclic) bond motifs is 1. The number of nitrogen functional groups attached to an aromatic ring is 1. The molecule has 0 radical (unpaired) electrons. The number of benzene rings is 2. The van der Waals surface area contributed by atoms with E-state index in [-0.39, 0.29) is 5.82 Å². The largest absolute Gasteiger partial charge is 0.399 e. The Morgan fingerprint density at radius 3 is 2.75 bits per heavy atom. The molecule has 0 fully saturated rings. The molecular weight excluding hydrogens is 271 g/mol. The Bertz CT molecular complexity index is 787. The van der Waals surface area contributed by atoms with Gasteiger partial charge in [0.05, 0.1) is 5.52 Å². The highest BCUT2D eigenvalue weighted by molar-refractivity contribution is 7.99. The van der Waals surface area contributed by atoms with Gasteiger partial charge in [0, 0.05) is 26.6 Å². The van der Waals surface area contributed by atoms with E-state index in [0.29, 0.717) is 5.69 Å². The molecule has 3 rings (SSSR count). The molecule has 4 heteroatoms. The number of nitrogens with two attached hydrogens (primary N) is 1. The lowest BCUT2D eigenvalue weighted by atomic mass is 10.2. The van der Waals surface area contributed by atoms with Crippen LogP contribution >= 0.6 is 11.8 Å². The van der Waals surface area contributed by atoms with Gasteiger partial charge >= 0.3 is 0 Å². The van der Waals surface area contributed by atoms with Crippen LogP contribution in [-0.4, -0.2) is 4.98 Å². The number of rotatable bonds is 2. The number of pyridine rings is 1. The van der Waals surface area contributed by atoms with Gasteiger partial charge < -0.3 is 5.73 Å². The molecule has 0 aliphatic heterocycles. The van der Waals surface area contributed by atoms with Gasteiger partial charge in [-0.15, -0.1) is 0 Å². The Hall–Kier alpha value is -2.07. The number of anilines is 1. The van der Waals surface area contributed by atoms with Crippen molar-refractivity contribution in [2.24, 2.45) is 0 Å². The van der Waals surface area contributed by atoms with Crippen LogP contribution in [0.1, 0.15) is 5.69 Å². The molecular formula is C16H13FN2S. The topological polar surface area (TPSA) is 38.9 Å². The van der Waals surface area contributed by atoms with Crippen LogP contribution in [0.5, 0.6) is 0 Å². The predicted molar refractivity (Wildman–Crippen MR) is 81.4 cm³/mol. The van der Waals surface area contributed by atoms with E-state index in [1.54, 1.807) is 6.07 Å². The third-order valence-corrected chi connectivity index (χ3v) is 3.99. The van der Waals surface area contributed by atoms with Gasteiger partial charge in [-0.2, -0.15) is 0 Å². The van der Waals surface area contributed by atoms with Crippen LogP contribution < -0.4 is 5.73 Å². The van der Waals surface area contributed by atoms with E-state index in [1.807, 2.05) is 37.3 Å². The van der Waals surface area contributed by atoms with Gasteiger partial charge in [-0.3, -0.25) is 4.98 Å².